The molecule has 1 fully saturated rings. The fraction of sp³-hybridized carbons (Fsp3) is 0.409. The lowest BCUT2D eigenvalue weighted by atomic mass is 9.93. The van der Waals surface area contributed by atoms with Crippen molar-refractivity contribution >= 4 is 21.6 Å². The SMILES string of the molecule is CCC[C@@H](C(=O)Nc1ccc(C)c(S(=O)(=O)N2CCOCC2)c1)c1ccccc1. The molecule has 0 unspecified atom stereocenters. The Morgan fingerprint density at radius 3 is 2.48 bits per heavy atom. The van der Waals surface area contributed by atoms with Crippen LogP contribution in [0.2, 0.25) is 0 Å². The average molecular weight is 417 g/mol. The van der Waals surface area contributed by atoms with Gasteiger partial charge < -0.3 is 10.1 Å². The molecule has 6 nitrogen and oxygen atoms in total. The molecule has 1 amide bonds. The van der Waals surface area contributed by atoms with Crippen molar-refractivity contribution in [3.05, 3.63) is 59.7 Å². The van der Waals surface area contributed by atoms with Gasteiger partial charge in [0.15, 0.2) is 0 Å². The minimum absolute atomic E-state index is 0.128. The van der Waals surface area contributed by atoms with E-state index in [9.17, 15) is 13.2 Å². The second kappa shape index (κ2) is 9.52. The molecule has 0 spiro atoms. The molecule has 0 aromatic heterocycles. The first-order chi connectivity index (χ1) is 13.9. The maximum Gasteiger partial charge on any atom is 0.243 e. The lowest BCUT2D eigenvalue weighted by Gasteiger charge is -2.27. The van der Waals surface area contributed by atoms with E-state index in [0.717, 1.165) is 18.4 Å². The minimum Gasteiger partial charge on any atom is -0.379 e. The van der Waals surface area contributed by atoms with Crippen LogP contribution < -0.4 is 5.32 Å². The molecular weight excluding hydrogens is 388 g/mol. The highest BCUT2D eigenvalue weighted by Crippen LogP contribution is 2.27. The summed E-state index contributed by atoms with van der Waals surface area (Å²) in [6.45, 7) is 5.27. The van der Waals surface area contributed by atoms with Crippen LogP contribution in [-0.4, -0.2) is 44.9 Å². The largest absolute Gasteiger partial charge is 0.379 e. The smallest absolute Gasteiger partial charge is 0.243 e. The lowest BCUT2D eigenvalue weighted by molar-refractivity contribution is -0.117. The monoisotopic (exact) mass is 416 g/mol. The van der Waals surface area contributed by atoms with Crippen molar-refractivity contribution in [3.8, 4) is 0 Å². The maximum absolute atomic E-state index is 13.1. The van der Waals surface area contributed by atoms with Crippen molar-refractivity contribution in [3.63, 3.8) is 0 Å². The number of ether oxygens (including phenoxy) is 1. The van der Waals surface area contributed by atoms with Gasteiger partial charge in [-0.05, 0) is 36.6 Å². The van der Waals surface area contributed by atoms with Gasteiger partial charge in [0.05, 0.1) is 24.0 Å². The van der Waals surface area contributed by atoms with E-state index in [0.29, 0.717) is 37.6 Å². The Hall–Kier alpha value is -2.22. The van der Waals surface area contributed by atoms with Gasteiger partial charge in [-0.1, -0.05) is 49.7 Å². The van der Waals surface area contributed by atoms with Crippen LogP contribution in [0.25, 0.3) is 0 Å². The van der Waals surface area contributed by atoms with E-state index in [1.807, 2.05) is 37.3 Å². The fourth-order valence-corrected chi connectivity index (χ4v) is 5.19. The van der Waals surface area contributed by atoms with Crippen molar-refractivity contribution < 1.29 is 17.9 Å². The summed E-state index contributed by atoms with van der Waals surface area (Å²) in [6.07, 6.45) is 1.60. The van der Waals surface area contributed by atoms with Crippen molar-refractivity contribution in [1.29, 1.82) is 0 Å². The zero-order valence-electron chi connectivity index (χ0n) is 16.9. The lowest BCUT2D eigenvalue weighted by Crippen LogP contribution is -2.40. The molecule has 1 N–H and O–H groups in total. The molecule has 0 bridgehead atoms. The van der Waals surface area contributed by atoms with E-state index < -0.39 is 10.0 Å². The molecule has 2 aromatic carbocycles. The number of morpholine rings is 1. The number of aryl methyl sites for hydroxylation is 1. The third kappa shape index (κ3) is 5.04. The number of rotatable bonds is 7. The van der Waals surface area contributed by atoms with Crippen LogP contribution in [0.1, 0.15) is 36.8 Å². The number of sulfonamides is 1. The Kier molecular flexibility index (Phi) is 7.05. The Balaban J connectivity index is 1.84. The molecular formula is C22H28N2O4S. The van der Waals surface area contributed by atoms with E-state index in [-0.39, 0.29) is 16.7 Å². The van der Waals surface area contributed by atoms with Crippen LogP contribution in [0.4, 0.5) is 5.69 Å². The van der Waals surface area contributed by atoms with Crippen LogP contribution in [0.15, 0.2) is 53.4 Å². The van der Waals surface area contributed by atoms with Gasteiger partial charge >= 0.3 is 0 Å². The summed E-state index contributed by atoms with van der Waals surface area (Å²) < 4.78 is 32.8. The highest BCUT2D eigenvalue weighted by atomic mass is 32.2. The maximum atomic E-state index is 13.1. The highest BCUT2D eigenvalue weighted by Gasteiger charge is 2.28. The topological polar surface area (TPSA) is 75.7 Å². The highest BCUT2D eigenvalue weighted by molar-refractivity contribution is 7.89. The van der Waals surface area contributed by atoms with E-state index in [4.69, 9.17) is 4.74 Å². The quantitative estimate of drug-likeness (QED) is 0.749. The fourth-order valence-electron chi connectivity index (χ4n) is 3.53. The standard InChI is InChI=1S/C22H28N2O4S/c1-3-7-20(18-8-5-4-6-9-18)22(25)23-19-11-10-17(2)21(16-19)29(26,27)24-12-14-28-15-13-24/h4-6,8-11,16,20H,3,7,12-15H2,1-2H3,(H,23,25)/t20-/m1/s1. The summed E-state index contributed by atoms with van der Waals surface area (Å²) in [4.78, 5) is 13.2. The van der Waals surface area contributed by atoms with Crippen LogP contribution in [0.5, 0.6) is 0 Å². The molecule has 7 heteroatoms. The molecule has 1 heterocycles. The zero-order chi connectivity index (χ0) is 20.9. The van der Waals surface area contributed by atoms with E-state index in [1.165, 1.54) is 4.31 Å². The number of hydrogen-bond donors (Lipinski definition) is 1. The average Bonchev–Trinajstić information content (AvgIpc) is 2.74. The predicted octanol–water partition coefficient (Wildman–Crippen LogP) is 3.54. The number of amides is 1. The number of anilines is 1. The number of nitrogens with zero attached hydrogens (tertiary/aromatic N) is 1. The molecule has 2 aromatic rings. The van der Waals surface area contributed by atoms with E-state index >= 15 is 0 Å². The van der Waals surface area contributed by atoms with Crippen molar-refractivity contribution in [2.75, 3.05) is 31.6 Å². The van der Waals surface area contributed by atoms with Gasteiger partial charge in [-0.15, -0.1) is 0 Å². The molecule has 0 radical (unpaired) electrons. The number of hydrogen-bond acceptors (Lipinski definition) is 4. The van der Waals surface area contributed by atoms with Crippen LogP contribution >= 0.6 is 0 Å². The number of carbonyl (C=O) groups is 1. The molecule has 0 aliphatic carbocycles. The van der Waals surface area contributed by atoms with Crippen molar-refractivity contribution in [2.45, 2.75) is 37.5 Å². The van der Waals surface area contributed by atoms with E-state index in [2.05, 4.69) is 5.32 Å². The van der Waals surface area contributed by atoms with Gasteiger partial charge in [-0.2, -0.15) is 4.31 Å². The Morgan fingerprint density at radius 2 is 1.83 bits per heavy atom. The molecule has 1 aliphatic rings. The predicted molar refractivity (Wildman–Crippen MR) is 113 cm³/mol. The first-order valence-electron chi connectivity index (χ1n) is 9.98. The number of nitrogens with one attached hydrogen (secondary N) is 1. The zero-order valence-corrected chi connectivity index (χ0v) is 17.7. The third-order valence-electron chi connectivity index (χ3n) is 5.14. The summed E-state index contributed by atoms with van der Waals surface area (Å²) in [5, 5.41) is 2.92. The van der Waals surface area contributed by atoms with Gasteiger partial charge in [0.1, 0.15) is 0 Å². The van der Waals surface area contributed by atoms with Crippen molar-refractivity contribution in [1.82, 2.24) is 4.31 Å². The molecule has 3 rings (SSSR count). The molecule has 29 heavy (non-hydrogen) atoms. The molecule has 156 valence electrons. The summed E-state index contributed by atoms with van der Waals surface area (Å²) in [5.41, 5.74) is 2.10. The van der Waals surface area contributed by atoms with Gasteiger partial charge in [0.25, 0.3) is 0 Å². The number of benzene rings is 2. The van der Waals surface area contributed by atoms with E-state index in [1.54, 1.807) is 25.1 Å². The molecule has 0 saturated carbocycles. The Morgan fingerprint density at radius 1 is 1.14 bits per heavy atom. The summed E-state index contributed by atoms with van der Waals surface area (Å²) in [5.74, 6) is -0.404. The molecule has 1 saturated heterocycles. The first-order valence-corrected chi connectivity index (χ1v) is 11.4. The third-order valence-corrected chi connectivity index (χ3v) is 7.18. The van der Waals surface area contributed by atoms with Gasteiger partial charge in [0, 0.05) is 18.8 Å². The van der Waals surface area contributed by atoms with Gasteiger partial charge in [-0.25, -0.2) is 8.42 Å². The Bertz CT molecular complexity index is 939. The van der Waals surface area contributed by atoms with Gasteiger partial charge in [0.2, 0.25) is 15.9 Å². The van der Waals surface area contributed by atoms with Crippen LogP contribution in [-0.2, 0) is 19.6 Å². The number of carbonyl (C=O) groups excluding carboxylic acids is 1. The van der Waals surface area contributed by atoms with Crippen LogP contribution in [0, 0.1) is 6.92 Å². The van der Waals surface area contributed by atoms with Gasteiger partial charge in [-0.3, -0.25) is 4.79 Å². The molecule has 1 aliphatic heterocycles. The normalized spacial score (nSPS) is 16.3. The second-order valence-corrected chi connectivity index (χ2v) is 9.14. The summed E-state index contributed by atoms with van der Waals surface area (Å²) in [6, 6.07) is 14.7. The Labute approximate surface area is 172 Å². The van der Waals surface area contributed by atoms with Crippen LogP contribution in [0.3, 0.4) is 0 Å². The van der Waals surface area contributed by atoms with Crippen molar-refractivity contribution in [2.24, 2.45) is 0 Å². The second-order valence-electron chi connectivity index (χ2n) is 7.24. The summed E-state index contributed by atoms with van der Waals surface area (Å²) >= 11 is 0. The molecule has 1 atom stereocenters. The minimum atomic E-state index is -3.63. The summed E-state index contributed by atoms with van der Waals surface area (Å²) in [7, 11) is -3.63. The first kappa shape index (κ1) is 21.5.